The number of hydrazone groups is 1. The van der Waals surface area contributed by atoms with Crippen LogP contribution in [0.4, 0.5) is 17.1 Å². The Morgan fingerprint density at radius 2 is 1.88 bits per heavy atom. The monoisotopic (exact) mass is 452 g/mol. The van der Waals surface area contributed by atoms with Gasteiger partial charge in [0.25, 0.3) is 11.6 Å². The second-order valence-corrected chi connectivity index (χ2v) is 7.96. The van der Waals surface area contributed by atoms with Crippen LogP contribution in [0.2, 0.25) is 5.02 Å². The van der Waals surface area contributed by atoms with Gasteiger partial charge in [-0.15, -0.1) is 0 Å². The van der Waals surface area contributed by atoms with Crippen LogP contribution in [0.15, 0.2) is 52.0 Å². The fraction of sp³-hybridized carbons (Fsp3) is 0.217. The highest BCUT2D eigenvalue weighted by molar-refractivity contribution is 6.31. The molecule has 1 aromatic heterocycles. The van der Waals surface area contributed by atoms with Crippen LogP contribution in [-0.4, -0.2) is 16.5 Å². The van der Waals surface area contributed by atoms with E-state index in [0.29, 0.717) is 16.4 Å². The molecule has 9 heteroatoms. The van der Waals surface area contributed by atoms with E-state index < -0.39 is 4.92 Å². The van der Waals surface area contributed by atoms with E-state index in [4.69, 9.17) is 16.0 Å². The maximum Gasteiger partial charge on any atom is 0.291 e. The summed E-state index contributed by atoms with van der Waals surface area (Å²) in [7, 11) is 0. The summed E-state index contributed by atoms with van der Waals surface area (Å²) in [5.74, 6) is 0.634. The molecule has 0 spiro atoms. The normalized spacial score (nSPS) is 14.2. The van der Waals surface area contributed by atoms with Crippen LogP contribution >= 0.6 is 11.6 Å². The van der Waals surface area contributed by atoms with Crippen molar-refractivity contribution in [3.05, 3.63) is 85.8 Å². The summed E-state index contributed by atoms with van der Waals surface area (Å²) in [4.78, 5) is 23.3. The Labute approximate surface area is 189 Å². The lowest BCUT2D eigenvalue weighted by molar-refractivity contribution is -0.384. The highest BCUT2D eigenvalue weighted by atomic mass is 35.5. The smallest absolute Gasteiger partial charge is 0.291 e. The summed E-state index contributed by atoms with van der Waals surface area (Å²) in [5.41, 5.74) is 7.34. The van der Waals surface area contributed by atoms with E-state index in [0.717, 1.165) is 47.4 Å². The molecule has 2 aromatic carbocycles. The second kappa shape index (κ2) is 8.84. The number of nitrogens with zero attached hydrogens (tertiary/aromatic N) is 2. The van der Waals surface area contributed by atoms with Crippen molar-refractivity contribution < 1.29 is 14.1 Å². The van der Waals surface area contributed by atoms with Crippen LogP contribution in [0.1, 0.15) is 45.8 Å². The van der Waals surface area contributed by atoms with Crippen molar-refractivity contribution in [2.45, 2.75) is 33.1 Å². The Hall–Kier alpha value is -3.65. The molecular formula is C23H21ClN4O4. The number of halogens is 1. The molecule has 3 aromatic rings. The summed E-state index contributed by atoms with van der Waals surface area (Å²) in [6, 6.07) is 11.4. The first kappa shape index (κ1) is 21.6. The third kappa shape index (κ3) is 4.22. The highest BCUT2D eigenvalue weighted by Crippen LogP contribution is 2.31. The number of amides is 1. The number of hydrogen-bond acceptors (Lipinski definition) is 6. The van der Waals surface area contributed by atoms with E-state index in [9.17, 15) is 14.9 Å². The molecule has 0 unspecified atom stereocenters. The van der Waals surface area contributed by atoms with Gasteiger partial charge >= 0.3 is 0 Å². The van der Waals surface area contributed by atoms with Crippen molar-refractivity contribution in [2.24, 2.45) is 5.10 Å². The minimum absolute atomic E-state index is 0.0134. The lowest BCUT2D eigenvalue weighted by Gasteiger charge is -2.13. The van der Waals surface area contributed by atoms with E-state index in [2.05, 4.69) is 15.8 Å². The summed E-state index contributed by atoms with van der Waals surface area (Å²) in [5, 5.41) is 18.8. The maximum absolute atomic E-state index is 12.9. The minimum atomic E-state index is -0.449. The molecule has 0 saturated carbocycles. The van der Waals surface area contributed by atoms with Gasteiger partial charge in [0, 0.05) is 40.4 Å². The molecule has 0 atom stereocenters. The average Bonchev–Trinajstić information content (AvgIpc) is 3.13. The van der Waals surface area contributed by atoms with Crippen LogP contribution in [0.5, 0.6) is 0 Å². The molecule has 2 N–H and O–H groups in total. The molecule has 164 valence electrons. The summed E-state index contributed by atoms with van der Waals surface area (Å²) < 4.78 is 5.94. The minimum Gasteiger partial charge on any atom is -0.455 e. The van der Waals surface area contributed by atoms with E-state index in [1.54, 1.807) is 30.3 Å². The van der Waals surface area contributed by atoms with Crippen molar-refractivity contribution in [3.8, 4) is 0 Å². The Balaban J connectivity index is 1.58. The molecule has 1 aliphatic rings. The van der Waals surface area contributed by atoms with E-state index in [-0.39, 0.29) is 17.4 Å². The number of nitro groups is 1. The lowest BCUT2D eigenvalue weighted by Crippen LogP contribution is -2.15. The first-order valence-corrected chi connectivity index (χ1v) is 10.5. The first-order chi connectivity index (χ1) is 15.3. The largest absolute Gasteiger partial charge is 0.455 e. The quantitative estimate of drug-likeness (QED) is 0.372. The van der Waals surface area contributed by atoms with Crippen molar-refractivity contribution >= 4 is 40.3 Å². The highest BCUT2D eigenvalue weighted by Gasteiger charge is 2.28. The summed E-state index contributed by atoms with van der Waals surface area (Å²) in [6.07, 6.45) is 2.28. The molecule has 1 heterocycles. The van der Waals surface area contributed by atoms with Crippen LogP contribution in [0.3, 0.4) is 0 Å². The van der Waals surface area contributed by atoms with Crippen LogP contribution in [-0.2, 0) is 6.42 Å². The molecule has 0 radical (unpaired) electrons. The Morgan fingerprint density at radius 1 is 1.12 bits per heavy atom. The number of anilines is 2. The maximum atomic E-state index is 12.9. The molecule has 1 aliphatic carbocycles. The molecule has 0 aliphatic heterocycles. The van der Waals surface area contributed by atoms with Gasteiger partial charge in [-0.2, -0.15) is 5.10 Å². The van der Waals surface area contributed by atoms with E-state index >= 15 is 0 Å². The number of fused-ring (bicyclic) bond motifs is 1. The second-order valence-electron chi connectivity index (χ2n) is 7.55. The van der Waals surface area contributed by atoms with Crippen molar-refractivity contribution in [1.29, 1.82) is 0 Å². The van der Waals surface area contributed by atoms with E-state index in [1.807, 2.05) is 13.8 Å². The molecule has 4 rings (SSSR count). The van der Waals surface area contributed by atoms with Gasteiger partial charge in [0.2, 0.25) is 0 Å². The number of non-ortho nitro benzene ring substituents is 1. The van der Waals surface area contributed by atoms with Gasteiger partial charge in [-0.1, -0.05) is 17.7 Å². The Kier molecular flexibility index (Phi) is 5.96. The Morgan fingerprint density at radius 3 is 2.59 bits per heavy atom. The summed E-state index contributed by atoms with van der Waals surface area (Å²) >= 11 is 6.15. The molecule has 0 fully saturated rings. The predicted octanol–water partition coefficient (Wildman–Crippen LogP) is 5.86. The van der Waals surface area contributed by atoms with Gasteiger partial charge in [-0.05, 0) is 56.5 Å². The zero-order chi connectivity index (χ0) is 22.8. The number of furan rings is 1. The van der Waals surface area contributed by atoms with Crippen LogP contribution in [0, 0.1) is 24.0 Å². The molecule has 8 nitrogen and oxygen atoms in total. The van der Waals surface area contributed by atoms with E-state index in [1.165, 1.54) is 12.1 Å². The number of rotatable bonds is 5. The third-order valence-corrected chi connectivity index (χ3v) is 5.86. The van der Waals surface area contributed by atoms with Crippen LogP contribution in [0.25, 0.3) is 0 Å². The van der Waals surface area contributed by atoms with Gasteiger partial charge < -0.3 is 9.73 Å². The molecule has 0 saturated heterocycles. The molecule has 0 bridgehead atoms. The van der Waals surface area contributed by atoms with Gasteiger partial charge in [0.15, 0.2) is 5.76 Å². The predicted molar refractivity (Wildman–Crippen MR) is 124 cm³/mol. The van der Waals surface area contributed by atoms with Gasteiger partial charge in [-0.3, -0.25) is 20.3 Å². The zero-order valence-corrected chi connectivity index (χ0v) is 18.3. The SMILES string of the molecule is Cc1c(Cl)cccc1NC(=O)c1oc2c(c1C)/C(=N/Nc1ccc([N+](=O)[O-])cc1)CCC2. The average molecular weight is 453 g/mol. The first-order valence-electron chi connectivity index (χ1n) is 10.1. The van der Waals surface area contributed by atoms with Crippen molar-refractivity contribution in [2.75, 3.05) is 10.7 Å². The standard InChI is InChI=1S/C23H21ClN4O4/c1-13-17(24)5-3-6-18(13)25-23(29)22-14(2)21-19(7-4-8-20(21)32-22)27-26-15-9-11-16(12-10-15)28(30)31/h3,5-6,9-12,26H,4,7-8H2,1-2H3,(H,25,29)/b27-19+. The number of hydrogen-bond donors (Lipinski definition) is 2. The lowest BCUT2D eigenvalue weighted by atomic mass is 9.93. The topological polar surface area (TPSA) is 110 Å². The number of carbonyl (C=O) groups is 1. The number of benzene rings is 2. The number of aryl methyl sites for hydroxylation is 1. The molecule has 32 heavy (non-hydrogen) atoms. The van der Waals surface area contributed by atoms with Crippen LogP contribution < -0.4 is 10.7 Å². The number of nitrogens with one attached hydrogen (secondary N) is 2. The fourth-order valence-electron chi connectivity index (χ4n) is 3.71. The summed E-state index contributed by atoms with van der Waals surface area (Å²) in [6.45, 7) is 3.68. The molecular weight excluding hydrogens is 432 g/mol. The van der Waals surface area contributed by atoms with Gasteiger partial charge in [0.05, 0.1) is 16.3 Å². The fourth-order valence-corrected chi connectivity index (χ4v) is 3.88. The molecule has 1 amide bonds. The van der Waals surface area contributed by atoms with Crippen molar-refractivity contribution in [3.63, 3.8) is 0 Å². The number of nitro benzene ring substituents is 1. The zero-order valence-electron chi connectivity index (χ0n) is 17.6. The Bertz CT molecular complexity index is 1230. The van der Waals surface area contributed by atoms with Crippen molar-refractivity contribution in [1.82, 2.24) is 0 Å². The number of carbonyl (C=O) groups excluding carboxylic acids is 1. The third-order valence-electron chi connectivity index (χ3n) is 5.45. The van der Waals surface area contributed by atoms with Gasteiger partial charge in [-0.25, -0.2) is 0 Å². The van der Waals surface area contributed by atoms with Gasteiger partial charge in [0.1, 0.15) is 5.76 Å².